The lowest BCUT2D eigenvalue weighted by molar-refractivity contribution is -0.0319. The lowest BCUT2D eigenvalue weighted by atomic mass is 9.66. The molecule has 1 heterocycles. The zero-order valence-corrected chi connectivity index (χ0v) is 13.4. The second kappa shape index (κ2) is 5.10. The SMILES string of the molecule is OC1(Cc2csc3ccccc23)CCC2(CCCC2)CC1. The Labute approximate surface area is 131 Å². The van der Waals surface area contributed by atoms with Gasteiger partial charge in [0.15, 0.2) is 0 Å². The summed E-state index contributed by atoms with van der Waals surface area (Å²) in [6.07, 6.45) is 11.0. The Bertz CT molecular complexity index is 626. The van der Waals surface area contributed by atoms with Crippen molar-refractivity contribution in [2.75, 3.05) is 0 Å². The third-order valence-corrected chi connectivity index (χ3v) is 7.00. The minimum atomic E-state index is -0.461. The molecule has 4 rings (SSSR count). The van der Waals surface area contributed by atoms with Crippen molar-refractivity contribution in [3.8, 4) is 0 Å². The Balaban J connectivity index is 1.52. The summed E-state index contributed by atoms with van der Waals surface area (Å²) >= 11 is 1.81. The van der Waals surface area contributed by atoms with Crippen LogP contribution in [0.25, 0.3) is 10.1 Å². The summed E-state index contributed by atoms with van der Waals surface area (Å²) in [6, 6.07) is 8.59. The van der Waals surface area contributed by atoms with E-state index < -0.39 is 5.60 Å². The highest BCUT2D eigenvalue weighted by atomic mass is 32.1. The highest BCUT2D eigenvalue weighted by molar-refractivity contribution is 7.17. The quantitative estimate of drug-likeness (QED) is 0.797. The molecule has 1 nitrogen and oxygen atoms in total. The van der Waals surface area contributed by atoms with Crippen LogP contribution in [0, 0.1) is 5.41 Å². The van der Waals surface area contributed by atoms with E-state index in [9.17, 15) is 5.11 Å². The van der Waals surface area contributed by atoms with Crippen LogP contribution in [0.3, 0.4) is 0 Å². The first-order valence-electron chi connectivity index (χ1n) is 8.36. The normalized spacial score (nSPS) is 23.9. The van der Waals surface area contributed by atoms with E-state index in [0.717, 1.165) is 19.3 Å². The van der Waals surface area contributed by atoms with Crippen molar-refractivity contribution in [2.24, 2.45) is 5.41 Å². The molecule has 0 saturated heterocycles. The first-order chi connectivity index (χ1) is 10.2. The van der Waals surface area contributed by atoms with E-state index in [2.05, 4.69) is 29.6 Å². The van der Waals surface area contributed by atoms with Crippen molar-refractivity contribution in [1.29, 1.82) is 0 Å². The van der Waals surface area contributed by atoms with Crippen LogP contribution in [0.2, 0.25) is 0 Å². The Hall–Kier alpha value is -0.860. The molecule has 2 aliphatic carbocycles. The molecule has 1 spiro atoms. The fourth-order valence-electron chi connectivity index (χ4n) is 4.57. The molecular weight excluding hydrogens is 276 g/mol. The van der Waals surface area contributed by atoms with Gasteiger partial charge in [0, 0.05) is 11.1 Å². The van der Waals surface area contributed by atoms with Crippen LogP contribution in [0.4, 0.5) is 0 Å². The maximum Gasteiger partial charge on any atom is 0.0688 e. The molecular formula is C19H24OS. The van der Waals surface area contributed by atoms with Crippen molar-refractivity contribution >= 4 is 21.4 Å². The van der Waals surface area contributed by atoms with E-state index in [1.165, 1.54) is 54.2 Å². The van der Waals surface area contributed by atoms with Gasteiger partial charge in [0.25, 0.3) is 0 Å². The third kappa shape index (κ3) is 2.53. The van der Waals surface area contributed by atoms with Crippen LogP contribution < -0.4 is 0 Å². The molecule has 2 heteroatoms. The summed E-state index contributed by atoms with van der Waals surface area (Å²) in [5.74, 6) is 0. The number of thiophene rings is 1. The topological polar surface area (TPSA) is 20.2 Å². The van der Waals surface area contributed by atoms with Crippen molar-refractivity contribution < 1.29 is 5.11 Å². The molecule has 2 fully saturated rings. The summed E-state index contributed by atoms with van der Waals surface area (Å²) < 4.78 is 1.35. The van der Waals surface area contributed by atoms with E-state index in [1.54, 1.807) is 0 Å². The van der Waals surface area contributed by atoms with Gasteiger partial charge in [0.1, 0.15) is 0 Å². The molecule has 0 radical (unpaired) electrons. The molecule has 0 aliphatic heterocycles. The van der Waals surface area contributed by atoms with Crippen LogP contribution in [-0.2, 0) is 6.42 Å². The zero-order valence-electron chi connectivity index (χ0n) is 12.6. The van der Waals surface area contributed by atoms with Gasteiger partial charge in [-0.2, -0.15) is 0 Å². The van der Waals surface area contributed by atoms with E-state index in [-0.39, 0.29) is 0 Å². The average Bonchev–Trinajstić information content (AvgIpc) is 3.12. The van der Waals surface area contributed by atoms with Crippen molar-refractivity contribution in [3.05, 3.63) is 35.2 Å². The predicted molar refractivity (Wildman–Crippen MR) is 89.8 cm³/mol. The lowest BCUT2D eigenvalue weighted by Gasteiger charge is -2.42. The molecule has 21 heavy (non-hydrogen) atoms. The minimum absolute atomic E-state index is 0.461. The number of hydrogen-bond acceptors (Lipinski definition) is 2. The fourth-order valence-corrected chi connectivity index (χ4v) is 5.53. The highest BCUT2D eigenvalue weighted by Crippen LogP contribution is 2.52. The van der Waals surface area contributed by atoms with Gasteiger partial charge in [-0.3, -0.25) is 0 Å². The second-order valence-corrected chi connectivity index (χ2v) is 8.28. The zero-order chi connectivity index (χ0) is 14.3. The maximum atomic E-state index is 11.1. The van der Waals surface area contributed by atoms with E-state index >= 15 is 0 Å². The van der Waals surface area contributed by atoms with E-state index in [0.29, 0.717) is 5.41 Å². The monoisotopic (exact) mass is 300 g/mol. The molecule has 2 aromatic rings. The van der Waals surface area contributed by atoms with Crippen molar-refractivity contribution in [1.82, 2.24) is 0 Å². The Morgan fingerprint density at radius 2 is 1.67 bits per heavy atom. The molecule has 0 atom stereocenters. The molecule has 1 aromatic heterocycles. The summed E-state index contributed by atoms with van der Waals surface area (Å²) in [4.78, 5) is 0. The first-order valence-corrected chi connectivity index (χ1v) is 9.24. The lowest BCUT2D eigenvalue weighted by Crippen LogP contribution is -2.39. The van der Waals surface area contributed by atoms with E-state index in [1.807, 2.05) is 11.3 Å². The smallest absolute Gasteiger partial charge is 0.0688 e. The van der Waals surface area contributed by atoms with Gasteiger partial charge in [0.05, 0.1) is 5.60 Å². The van der Waals surface area contributed by atoms with Crippen molar-refractivity contribution in [3.63, 3.8) is 0 Å². The van der Waals surface area contributed by atoms with Crippen LogP contribution >= 0.6 is 11.3 Å². The standard InChI is InChI=1S/C19H24OS/c20-19(11-9-18(10-12-19)7-3-4-8-18)13-15-14-21-17-6-2-1-5-16(15)17/h1-2,5-6,14,20H,3-4,7-13H2. The number of fused-ring (bicyclic) bond motifs is 1. The molecule has 0 bridgehead atoms. The first kappa shape index (κ1) is 13.8. The van der Waals surface area contributed by atoms with Crippen LogP contribution in [0.1, 0.15) is 56.9 Å². The largest absolute Gasteiger partial charge is 0.390 e. The molecule has 112 valence electrons. The Morgan fingerprint density at radius 1 is 0.952 bits per heavy atom. The van der Waals surface area contributed by atoms with Crippen LogP contribution in [-0.4, -0.2) is 10.7 Å². The number of benzene rings is 1. The summed E-state index contributed by atoms with van der Waals surface area (Å²) in [5, 5.41) is 14.6. The minimum Gasteiger partial charge on any atom is -0.390 e. The van der Waals surface area contributed by atoms with Gasteiger partial charge >= 0.3 is 0 Å². The number of aliphatic hydroxyl groups is 1. The molecule has 0 unspecified atom stereocenters. The summed E-state index contributed by atoms with van der Waals surface area (Å²) in [7, 11) is 0. The van der Waals surface area contributed by atoms with E-state index in [4.69, 9.17) is 0 Å². The average molecular weight is 300 g/mol. The molecule has 1 N–H and O–H groups in total. The van der Waals surface area contributed by atoms with Gasteiger partial charge in [-0.05, 0) is 66.3 Å². The van der Waals surface area contributed by atoms with Crippen molar-refractivity contribution in [2.45, 2.75) is 63.4 Å². The van der Waals surface area contributed by atoms with Gasteiger partial charge in [-0.1, -0.05) is 31.0 Å². The third-order valence-electron chi connectivity index (χ3n) is 5.99. The molecule has 0 amide bonds. The molecule has 2 saturated carbocycles. The molecule has 2 aliphatic rings. The van der Waals surface area contributed by atoms with Gasteiger partial charge in [-0.25, -0.2) is 0 Å². The Kier molecular flexibility index (Phi) is 3.35. The molecule has 1 aromatic carbocycles. The van der Waals surface area contributed by atoms with Gasteiger partial charge in [-0.15, -0.1) is 11.3 Å². The van der Waals surface area contributed by atoms with Gasteiger partial charge < -0.3 is 5.11 Å². The maximum absolute atomic E-state index is 11.1. The number of hydrogen-bond donors (Lipinski definition) is 1. The van der Waals surface area contributed by atoms with Crippen LogP contribution in [0.15, 0.2) is 29.6 Å². The summed E-state index contributed by atoms with van der Waals surface area (Å²) in [5.41, 5.74) is 1.49. The fraction of sp³-hybridized carbons (Fsp3) is 0.579. The van der Waals surface area contributed by atoms with Gasteiger partial charge in [0.2, 0.25) is 0 Å². The highest BCUT2D eigenvalue weighted by Gasteiger charge is 2.43. The second-order valence-electron chi connectivity index (χ2n) is 7.37. The van der Waals surface area contributed by atoms with Crippen LogP contribution in [0.5, 0.6) is 0 Å². The number of rotatable bonds is 2. The summed E-state index contributed by atoms with van der Waals surface area (Å²) in [6.45, 7) is 0. The predicted octanol–water partition coefficient (Wildman–Crippen LogP) is 5.31. The Morgan fingerprint density at radius 3 is 2.43 bits per heavy atom.